The van der Waals surface area contributed by atoms with Crippen LogP contribution >= 0.6 is 11.3 Å². The van der Waals surface area contributed by atoms with Crippen LogP contribution in [-0.2, 0) is 26.1 Å². The van der Waals surface area contributed by atoms with Gasteiger partial charge in [-0.3, -0.25) is 9.69 Å². The van der Waals surface area contributed by atoms with Gasteiger partial charge in [0.15, 0.2) is 10.9 Å². The molecule has 1 aromatic heterocycles. The number of aromatic nitrogens is 1. The van der Waals surface area contributed by atoms with Crippen LogP contribution in [0.15, 0.2) is 61.2 Å². The van der Waals surface area contributed by atoms with E-state index >= 15 is 4.79 Å². The summed E-state index contributed by atoms with van der Waals surface area (Å²) in [6.45, 7) is 8.81. The van der Waals surface area contributed by atoms with E-state index < -0.39 is 69.4 Å². The number of ether oxygens (including phenoxy) is 2. The minimum atomic E-state index is -2.33. The number of carbonyl (C=O) groups is 2. The van der Waals surface area contributed by atoms with E-state index in [1.807, 2.05) is 24.3 Å². The van der Waals surface area contributed by atoms with E-state index in [1.165, 1.54) is 4.90 Å². The monoisotopic (exact) mass is 695 g/mol. The quantitative estimate of drug-likeness (QED) is 0.228. The standard InChI is InChI=1S/C39H41N3O7S/c1-4-15-40-33-41-29-26(50-33)16-35(2,3)28-31(44)39(47)38-27(36(28,29)19-49-39)14-13-25(30(38)43)37(32(38)45)18-42(37)34(46)48-17-24-22-11-7-5-9-20(22)21-10-6-8-12-23(21)24/h4-12,24-25,27-28,30-31,43-44,47H,1,13-19H2,2-3H3,(H,40,41)/t25-,27+,28-,30-,31+,36+,37?,38-,39+,42?/m1/s1. The Balaban J connectivity index is 1.01. The summed E-state index contributed by atoms with van der Waals surface area (Å²) >= 11 is 1.56. The first-order chi connectivity index (χ1) is 24.0. The smallest absolute Gasteiger partial charge is 0.410 e. The van der Waals surface area contributed by atoms with Crippen molar-refractivity contribution < 1.29 is 34.4 Å². The Bertz CT molecular complexity index is 1970. The maximum atomic E-state index is 15.3. The number of thiazole rings is 1. The topological polar surface area (TPSA) is 141 Å². The van der Waals surface area contributed by atoms with E-state index in [2.05, 4.69) is 50.0 Å². The van der Waals surface area contributed by atoms with Crippen LogP contribution in [0, 0.1) is 28.6 Å². The first-order valence-corrected chi connectivity index (χ1v) is 18.5. The van der Waals surface area contributed by atoms with Crippen LogP contribution in [0.2, 0.25) is 0 Å². The van der Waals surface area contributed by atoms with Gasteiger partial charge < -0.3 is 30.1 Å². The second-order valence-electron chi connectivity index (χ2n) is 16.3. The number of rotatable bonds is 5. The highest BCUT2D eigenvalue weighted by Gasteiger charge is 2.92. The summed E-state index contributed by atoms with van der Waals surface area (Å²) in [6, 6.07) is 16.2. The zero-order valence-corrected chi connectivity index (χ0v) is 28.9. The van der Waals surface area contributed by atoms with E-state index in [4.69, 9.17) is 14.5 Å². The van der Waals surface area contributed by atoms with E-state index in [9.17, 15) is 20.1 Å². The molecule has 4 bridgehead atoms. The van der Waals surface area contributed by atoms with Gasteiger partial charge >= 0.3 is 6.09 Å². The molecule has 3 saturated heterocycles. The maximum absolute atomic E-state index is 15.3. The van der Waals surface area contributed by atoms with E-state index in [0.29, 0.717) is 25.8 Å². The number of carbonyl (C=O) groups excluding carboxylic acids is 2. The van der Waals surface area contributed by atoms with Crippen molar-refractivity contribution in [2.45, 2.75) is 68.0 Å². The normalized spacial score (nSPS) is 39.3. The Morgan fingerprint density at radius 3 is 2.52 bits per heavy atom. The minimum Gasteiger partial charge on any atom is -0.448 e. The number of fused-ring (bicyclic) bond motifs is 7. The Kier molecular flexibility index (Phi) is 6.12. The molecule has 0 radical (unpaired) electrons. The summed E-state index contributed by atoms with van der Waals surface area (Å²) in [5.41, 5.74) is 0.622. The zero-order valence-electron chi connectivity index (χ0n) is 28.1. The average Bonchev–Trinajstić information content (AvgIpc) is 3.58. The molecule has 3 saturated carbocycles. The molecular weight excluding hydrogens is 655 g/mol. The predicted molar refractivity (Wildman–Crippen MR) is 185 cm³/mol. The van der Waals surface area contributed by atoms with Crippen LogP contribution in [0.5, 0.6) is 0 Å². The fourth-order valence-corrected chi connectivity index (χ4v) is 13.5. The summed E-state index contributed by atoms with van der Waals surface area (Å²) in [5, 5.41) is 41.3. The molecule has 3 aromatic rings. The lowest BCUT2D eigenvalue weighted by atomic mass is 9.36. The van der Waals surface area contributed by atoms with Gasteiger partial charge in [-0.25, -0.2) is 9.78 Å². The number of nitrogens with one attached hydrogen (secondary N) is 1. The van der Waals surface area contributed by atoms with Gasteiger partial charge in [0.25, 0.3) is 0 Å². The predicted octanol–water partition coefficient (Wildman–Crippen LogP) is 4.23. The van der Waals surface area contributed by atoms with Crippen molar-refractivity contribution in [2.24, 2.45) is 28.6 Å². The van der Waals surface area contributed by atoms with Crippen molar-refractivity contribution in [3.8, 4) is 11.1 Å². The van der Waals surface area contributed by atoms with Crippen LogP contribution in [0.1, 0.15) is 54.3 Å². The molecule has 9 atom stereocenters. The number of aliphatic hydroxyl groups excluding tert-OH is 2. The first kappa shape index (κ1) is 31.2. The summed E-state index contributed by atoms with van der Waals surface area (Å²) in [5.74, 6) is -4.56. The van der Waals surface area contributed by atoms with Gasteiger partial charge in [-0.05, 0) is 52.8 Å². The highest BCUT2D eigenvalue weighted by molar-refractivity contribution is 7.15. The largest absolute Gasteiger partial charge is 0.448 e. The highest BCUT2D eigenvalue weighted by atomic mass is 32.1. The second kappa shape index (κ2) is 9.83. The molecular formula is C39H41N3O7S. The Morgan fingerprint density at radius 1 is 1.12 bits per heavy atom. The third-order valence-electron chi connectivity index (χ3n) is 13.9. The van der Waals surface area contributed by atoms with Crippen LogP contribution in [0.25, 0.3) is 11.1 Å². The Labute approximate surface area is 294 Å². The molecule has 4 heterocycles. The minimum absolute atomic E-state index is 0.0759. The van der Waals surface area contributed by atoms with E-state index in [0.717, 1.165) is 38.0 Å². The van der Waals surface area contributed by atoms with Gasteiger partial charge in [0.1, 0.15) is 23.7 Å². The molecule has 3 aliphatic heterocycles. The molecule has 8 aliphatic rings. The molecule has 10 nitrogen and oxygen atoms in total. The highest BCUT2D eigenvalue weighted by Crippen LogP contribution is 2.78. The molecule has 1 unspecified atom stereocenters. The molecule has 11 rings (SSSR count). The first-order valence-electron chi connectivity index (χ1n) is 17.7. The summed E-state index contributed by atoms with van der Waals surface area (Å²) in [7, 11) is 0. The van der Waals surface area contributed by atoms with E-state index in [-0.39, 0.29) is 25.7 Å². The molecule has 6 fully saturated rings. The Morgan fingerprint density at radius 2 is 1.82 bits per heavy atom. The van der Waals surface area contributed by atoms with Gasteiger partial charge in [-0.15, -0.1) is 17.9 Å². The molecule has 260 valence electrons. The summed E-state index contributed by atoms with van der Waals surface area (Å²) in [4.78, 5) is 36.8. The van der Waals surface area contributed by atoms with E-state index in [1.54, 1.807) is 17.4 Å². The fourth-order valence-electron chi connectivity index (χ4n) is 12.2. The van der Waals surface area contributed by atoms with Crippen molar-refractivity contribution >= 4 is 28.3 Å². The van der Waals surface area contributed by atoms with Crippen LogP contribution in [0.3, 0.4) is 0 Å². The Hall–Kier alpha value is -3.61. The van der Waals surface area contributed by atoms with Gasteiger partial charge in [-0.2, -0.15) is 0 Å². The van der Waals surface area contributed by atoms with Gasteiger partial charge in [0, 0.05) is 34.6 Å². The third-order valence-corrected chi connectivity index (χ3v) is 14.9. The lowest BCUT2D eigenvalue weighted by Gasteiger charge is -2.73. The number of benzene rings is 2. The van der Waals surface area contributed by atoms with Crippen LogP contribution in [-0.4, -0.2) is 86.9 Å². The molecule has 5 aliphatic carbocycles. The number of hydrogen-bond donors (Lipinski definition) is 4. The maximum Gasteiger partial charge on any atom is 0.410 e. The number of anilines is 1. The average molecular weight is 696 g/mol. The molecule has 2 aromatic carbocycles. The number of aliphatic hydroxyl groups is 3. The molecule has 50 heavy (non-hydrogen) atoms. The van der Waals surface area contributed by atoms with Crippen molar-refractivity contribution in [1.29, 1.82) is 0 Å². The molecule has 1 amide bonds. The number of Topliss-reactive ketones (excluding diaryl/α,β-unsaturated/α-hetero) is 1. The number of nitrogens with zero attached hydrogens (tertiary/aromatic N) is 2. The number of hydrogen-bond acceptors (Lipinski definition) is 10. The number of amides is 1. The lowest BCUT2D eigenvalue weighted by Crippen LogP contribution is -2.85. The lowest BCUT2D eigenvalue weighted by molar-refractivity contribution is -0.429. The van der Waals surface area contributed by atoms with Crippen molar-refractivity contribution in [1.82, 2.24) is 9.88 Å². The van der Waals surface area contributed by atoms with Crippen molar-refractivity contribution in [2.75, 3.05) is 31.6 Å². The zero-order chi connectivity index (χ0) is 34.6. The second-order valence-corrected chi connectivity index (χ2v) is 17.4. The third kappa shape index (κ3) is 3.33. The van der Waals surface area contributed by atoms with Gasteiger partial charge in [-0.1, -0.05) is 68.5 Å². The summed E-state index contributed by atoms with van der Waals surface area (Å²) in [6.07, 6.45) is 0.00480. The molecule has 11 heteroatoms. The molecule has 3 spiro atoms. The van der Waals surface area contributed by atoms with Crippen molar-refractivity contribution in [3.63, 3.8) is 0 Å². The van der Waals surface area contributed by atoms with Crippen molar-refractivity contribution in [3.05, 3.63) is 82.9 Å². The SMILES string of the molecule is C=CCNc1nc2c(s1)CC(C)(C)[C@H]1[C@H](O)[C@]3(O)OC[C@@]21[C@@H]1CC[C@@H]2[C@@H](O)[C@@]13C(=O)C21CN1C(=O)OCC1c2ccccc2-c2ccccc21. The molecule has 4 N–H and O–H groups in total. The fraction of sp³-hybridized carbons (Fsp3) is 0.513. The van der Waals surface area contributed by atoms with Crippen LogP contribution in [0.4, 0.5) is 9.93 Å². The number of ketones is 1. The van der Waals surface area contributed by atoms with Crippen LogP contribution < -0.4 is 5.32 Å². The van der Waals surface area contributed by atoms with Gasteiger partial charge in [0.2, 0.25) is 5.79 Å². The summed E-state index contributed by atoms with van der Waals surface area (Å²) < 4.78 is 12.3. The van der Waals surface area contributed by atoms with Gasteiger partial charge in [0.05, 0.1) is 24.9 Å².